The van der Waals surface area contributed by atoms with Crippen molar-refractivity contribution in [2.24, 2.45) is 17.8 Å². The molecular weight excluding hydrogens is 368 g/mol. The Morgan fingerprint density at radius 1 is 0.897 bits per heavy atom. The van der Waals surface area contributed by atoms with Crippen LogP contribution < -0.4 is 5.56 Å². The van der Waals surface area contributed by atoms with Crippen molar-refractivity contribution < 1.29 is 9.59 Å². The molecule has 0 saturated carbocycles. The number of likely N-dealkylation sites (tertiary alicyclic amines) is 2. The SMILES string of the molecule is O=C(c1ccc(=O)[nH]n1)N1CCCC(C2CCN(C(=O)C3CC=CC3)CC2)CC1. The lowest BCUT2D eigenvalue weighted by Crippen LogP contribution is -2.42. The van der Waals surface area contributed by atoms with Crippen LogP contribution >= 0.6 is 0 Å². The van der Waals surface area contributed by atoms with Gasteiger partial charge in [0.05, 0.1) is 0 Å². The van der Waals surface area contributed by atoms with Gasteiger partial charge in [-0.25, -0.2) is 5.10 Å². The summed E-state index contributed by atoms with van der Waals surface area (Å²) >= 11 is 0. The van der Waals surface area contributed by atoms with E-state index in [9.17, 15) is 14.4 Å². The highest BCUT2D eigenvalue weighted by Crippen LogP contribution is 2.33. The van der Waals surface area contributed by atoms with Crippen molar-refractivity contribution in [3.8, 4) is 0 Å². The monoisotopic (exact) mass is 398 g/mol. The van der Waals surface area contributed by atoms with Crippen LogP contribution in [0.3, 0.4) is 0 Å². The van der Waals surface area contributed by atoms with Gasteiger partial charge in [-0.2, -0.15) is 5.10 Å². The van der Waals surface area contributed by atoms with Gasteiger partial charge in [0.1, 0.15) is 5.69 Å². The first-order chi connectivity index (χ1) is 14.1. The summed E-state index contributed by atoms with van der Waals surface area (Å²) in [6.45, 7) is 3.22. The van der Waals surface area contributed by atoms with Crippen LogP contribution in [-0.2, 0) is 4.79 Å². The van der Waals surface area contributed by atoms with Crippen molar-refractivity contribution in [2.75, 3.05) is 26.2 Å². The van der Waals surface area contributed by atoms with Gasteiger partial charge >= 0.3 is 0 Å². The first-order valence-electron chi connectivity index (χ1n) is 10.9. The third-order valence-electron chi connectivity index (χ3n) is 6.83. The number of H-pyrrole nitrogens is 1. The summed E-state index contributed by atoms with van der Waals surface area (Å²) in [5.41, 5.74) is 0.00257. The van der Waals surface area contributed by atoms with Gasteiger partial charge in [-0.1, -0.05) is 12.2 Å². The third kappa shape index (κ3) is 4.60. The molecule has 2 amide bonds. The molecule has 2 fully saturated rings. The van der Waals surface area contributed by atoms with E-state index in [-0.39, 0.29) is 17.4 Å². The standard InChI is InChI=1S/C22H30N4O3/c27-20-8-7-19(23-24-20)22(29)25-12-3-6-16(9-13-25)17-10-14-26(15-11-17)21(28)18-4-1-2-5-18/h1-2,7-8,16-18H,3-6,9-15H2,(H,24,27). The molecule has 2 aliphatic heterocycles. The van der Waals surface area contributed by atoms with Crippen LogP contribution in [0.15, 0.2) is 29.1 Å². The van der Waals surface area contributed by atoms with Gasteiger partial charge in [-0.05, 0) is 62.8 Å². The molecule has 3 aliphatic rings. The second-order valence-electron chi connectivity index (χ2n) is 8.59. The van der Waals surface area contributed by atoms with E-state index < -0.39 is 0 Å². The van der Waals surface area contributed by atoms with E-state index in [1.54, 1.807) is 0 Å². The van der Waals surface area contributed by atoms with Crippen molar-refractivity contribution >= 4 is 11.8 Å². The maximum absolute atomic E-state index is 12.7. The van der Waals surface area contributed by atoms with E-state index in [4.69, 9.17) is 0 Å². The minimum atomic E-state index is -0.300. The largest absolute Gasteiger partial charge is 0.342 e. The molecule has 156 valence electrons. The van der Waals surface area contributed by atoms with E-state index in [1.807, 2.05) is 4.90 Å². The van der Waals surface area contributed by atoms with Crippen LogP contribution in [0, 0.1) is 17.8 Å². The summed E-state index contributed by atoms with van der Waals surface area (Å²) in [5, 5.41) is 6.22. The molecule has 1 aromatic heterocycles. The average molecular weight is 399 g/mol. The second kappa shape index (κ2) is 8.93. The smallest absolute Gasteiger partial charge is 0.274 e. The number of piperidine rings is 1. The first-order valence-corrected chi connectivity index (χ1v) is 10.9. The van der Waals surface area contributed by atoms with Gasteiger partial charge in [0.2, 0.25) is 5.91 Å². The summed E-state index contributed by atoms with van der Waals surface area (Å²) < 4.78 is 0. The van der Waals surface area contributed by atoms with E-state index in [1.165, 1.54) is 12.1 Å². The Kier molecular flexibility index (Phi) is 6.11. The Morgan fingerprint density at radius 2 is 1.55 bits per heavy atom. The number of rotatable bonds is 3. The topological polar surface area (TPSA) is 86.4 Å². The van der Waals surface area contributed by atoms with Crippen molar-refractivity contribution in [1.82, 2.24) is 20.0 Å². The van der Waals surface area contributed by atoms with Crippen molar-refractivity contribution in [3.63, 3.8) is 0 Å². The molecule has 1 atom stereocenters. The van der Waals surface area contributed by atoms with E-state index in [0.29, 0.717) is 23.4 Å². The Balaban J connectivity index is 1.28. The van der Waals surface area contributed by atoms with E-state index >= 15 is 0 Å². The van der Waals surface area contributed by atoms with Gasteiger partial charge in [-0.15, -0.1) is 0 Å². The maximum Gasteiger partial charge on any atom is 0.274 e. The predicted molar refractivity (Wildman–Crippen MR) is 109 cm³/mol. The van der Waals surface area contributed by atoms with Gasteiger partial charge in [0.25, 0.3) is 11.5 Å². The van der Waals surface area contributed by atoms with Crippen LogP contribution in [0.2, 0.25) is 0 Å². The average Bonchev–Trinajstić information content (AvgIpc) is 3.18. The van der Waals surface area contributed by atoms with Gasteiger partial charge in [0, 0.05) is 38.2 Å². The fraction of sp³-hybridized carbons (Fsp3) is 0.636. The lowest BCUT2D eigenvalue weighted by molar-refractivity contribution is -0.136. The maximum atomic E-state index is 12.7. The highest BCUT2D eigenvalue weighted by Gasteiger charge is 2.33. The minimum absolute atomic E-state index is 0.104. The number of nitrogens with one attached hydrogen (secondary N) is 1. The summed E-state index contributed by atoms with van der Waals surface area (Å²) in [4.78, 5) is 40.4. The Morgan fingerprint density at radius 3 is 2.21 bits per heavy atom. The van der Waals surface area contributed by atoms with Crippen LogP contribution in [0.5, 0.6) is 0 Å². The molecule has 3 heterocycles. The number of allylic oxidation sites excluding steroid dienone is 2. The molecule has 0 radical (unpaired) electrons. The summed E-state index contributed by atoms with van der Waals surface area (Å²) in [6.07, 6.45) is 11.3. The van der Waals surface area contributed by atoms with Crippen molar-refractivity contribution in [1.29, 1.82) is 0 Å². The van der Waals surface area contributed by atoms with Gasteiger partial charge < -0.3 is 9.80 Å². The van der Waals surface area contributed by atoms with Gasteiger partial charge in [-0.3, -0.25) is 14.4 Å². The number of hydrogen-bond acceptors (Lipinski definition) is 4. The lowest BCUT2D eigenvalue weighted by Gasteiger charge is -2.37. The fourth-order valence-electron chi connectivity index (χ4n) is 5.09. The molecule has 0 bridgehead atoms. The van der Waals surface area contributed by atoms with Crippen LogP contribution in [0.4, 0.5) is 0 Å². The Bertz CT molecular complexity index is 797. The van der Waals surface area contributed by atoms with Crippen molar-refractivity contribution in [3.05, 3.63) is 40.3 Å². The summed E-state index contributed by atoms with van der Waals surface area (Å²) in [5.74, 6) is 1.65. The zero-order valence-electron chi connectivity index (χ0n) is 16.9. The minimum Gasteiger partial charge on any atom is -0.342 e. The zero-order chi connectivity index (χ0) is 20.2. The van der Waals surface area contributed by atoms with Crippen LogP contribution in [-0.4, -0.2) is 58.0 Å². The first kappa shape index (κ1) is 19.9. The number of carbonyl (C=O) groups is 2. The molecule has 7 heteroatoms. The number of hydrogen-bond donors (Lipinski definition) is 1. The molecule has 1 aromatic rings. The fourth-order valence-corrected chi connectivity index (χ4v) is 5.09. The van der Waals surface area contributed by atoms with E-state index in [2.05, 4.69) is 27.2 Å². The number of amides is 2. The molecule has 1 aliphatic carbocycles. The summed E-state index contributed by atoms with van der Waals surface area (Å²) in [6, 6.07) is 2.84. The number of nitrogens with zero attached hydrogens (tertiary/aromatic N) is 3. The van der Waals surface area contributed by atoms with Crippen LogP contribution in [0.1, 0.15) is 55.4 Å². The molecular formula is C22H30N4O3. The molecule has 7 nitrogen and oxygen atoms in total. The molecule has 1 N–H and O–H groups in total. The molecule has 0 aromatic carbocycles. The quantitative estimate of drug-likeness (QED) is 0.791. The zero-order valence-corrected chi connectivity index (χ0v) is 16.9. The number of carbonyl (C=O) groups excluding carboxylic acids is 2. The second-order valence-corrected chi connectivity index (χ2v) is 8.59. The molecule has 0 spiro atoms. The molecule has 29 heavy (non-hydrogen) atoms. The number of aromatic amines is 1. The summed E-state index contributed by atoms with van der Waals surface area (Å²) in [7, 11) is 0. The van der Waals surface area contributed by atoms with E-state index in [0.717, 1.165) is 71.1 Å². The van der Waals surface area contributed by atoms with Crippen LogP contribution in [0.25, 0.3) is 0 Å². The highest BCUT2D eigenvalue weighted by atomic mass is 16.2. The lowest BCUT2D eigenvalue weighted by atomic mass is 9.80. The van der Waals surface area contributed by atoms with Crippen molar-refractivity contribution in [2.45, 2.75) is 44.9 Å². The molecule has 2 saturated heterocycles. The van der Waals surface area contributed by atoms with Gasteiger partial charge in [0.15, 0.2) is 0 Å². The highest BCUT2D eigenvalue weighted by molar-refractivity contribution is 5.92. The molecule has 4 rings (SSSR count). The third-order valence-corrected chi connectivity index (χ3v) is 6.83. The Hall–Kier alpha value is -2.44. The predicted octanol–water partition coefficient (Wildman–Crippen LogP) is 2.22. The number of aromatic nitrogens is 2. The molecule has 1 unspecified atom stereocenters. The Labute approximate surface area is 171 Å². The normalized spacial score (nSPS) is 23.9.